The number of carboxylic acid groups (broad SMARTS) is 1. The first-order valence-electron chi connectivity index (χ1n) is 7.51. The van der Waals surface area contributed by atoms with Crippen LogP contribution in [0.5, 0.6) is 0 Å². The molecule has 1 saturated heterocycles. The average Bonchev–Trinajstić information content (AvgIpc) is 2.71. The maximum absolute atomic E-state index is 13.7. The number of halogens is 1. The molecule has 1 heterocycles. The van der Waals surface area contributed by atoms with Crippen LogP contribution in [-0.2, 0) is 4.79 Å². The van der Waals surface area contributed by atoms with Crippen molar-refractivity contribution in [2.24, 2.45) is 0 Å². The first kappa shape index (κ1) is 16.0. The second-order valence-electron chi connectivity index (χ2n) is 6.31. The molecule has 0 radical (unpaired) electrons. The monoisotopic (exact) mass is 301 g/mol. The minimum Gasteiger partial charge on any atom is -0.480 e. The van der Waals surface area contributed by atoms with Crippen LogP contribution in [0, 0.1) is 0 Å². The fourth-order valence-electron chi connectivity index (χ4n) is 3.04. The molecule has 1 aliphatic heterocycles. The van der Waals surface area contributed by atoms with Crippen molar-refractivity contribution in [1.82, 2.24) is 15.1 Å². The lowest BCUT2D eigenvalue weighted by Gasteiger charge is -2.42. The number of nitrogens with zero attached hydrogens (tertiary/aromatic N) is 2. The molecule has 1 saturated carbocycles. The Hall–Kier alpha value is -1.37. The molecule has 2 aliphatic rings. The molecule has 2 fully saturated rings. The molecule has 1 atom stereocenters. The third kappa shape index (κ3) is 4.06. The van der Waals surface area contributed by atoms with Gasteiger partial charge in [-0.15, -0.1) is 0 Å². The summed E-state index contributed by atoms with van der Waals surface area (Å²) in [5.41, 5.74) is -1.28. The molecule has 2 rings (SSSR count). The fourth-order valence-corrected chi connectivity index (χ4v) is 3.04. The minimum absolute atomic E-state index is 0.0359. The molecule has 2 N–H and O–H groups in total. The molecule has 0 aromatic rings. The topological polar surface area (TPSA) is 72.9 Å². The summed E-state index contributed by atoms with van der Waals surface area (Å²) in [5.74, 6) is -0.830. The normalized spacial score (nSPS) is 32.1. The Morgan fingerprint density at radius 2 is 2.14 bits per heavy atom. The van der Waals surface area contributed by atoms with Crippen molar-refractivity contribution in [2.75, 3.05) is 26.2 Å². The number of likely N-dealkylation sites (tertiary alicyclic amines) is 1. The quantitative estimate of drug-likeness (QED) is 0.796. The van der Waals surface area contributed by atoms with E-state index in [9.17, 15) is 14.0 Å². The Morgan fingerprint density at radius 1 is 1.48 bits per heavy atom. The molecular weight excluding hydrogens is 277 g/mol. The second-order valence-corrected chi connectivity index (χ2v) is 6.31. The number of likely N-dealkylation sites (N-methyl/N-ethyl adjacent to an activating group) is 1. The molecule has 0 spiro atoms. The highest BCUT2D eigenvalue weighted by Gasteiger charge is 2.39. The van der Waals surface area contributed by atoms with Crippen LogP contribution >= 0.6 is 0 Å². The van der Waals surface area contributed by atoms with Crippen LogP contribution in [0.2, 0.25) is 0 Å². The van der Waals surface area contributed by atoms with Gasteiger partial charge < -0.3 is 15.3 Å². The number of carbonyl (C=O) groups excluding carboxylic acids is 1. The van der Waals surface area contributed by atoms with E-state index in [1.165, 1.54) is 11.8 Å². The minimum atomic E-state index is -1.28. The summed E-state index contributed by atoms with van der Waals surface area (Å²) in [6, 6.07) is 0.0688. The van der Waals surface area contributed by atoms with Crippen molar-refractivity contribution in [3.8, 4) is 0 Å². The standard InChI is InChI=1S/C14H24FN3O3/c1-3-17(8-12(19)20)11-6-10(7-11)16-13(21)18-5-4-14(2,15)9-18/h10-11H,3-9H2,1-2H3,(H,16,21)(H,19,20). The Morgan fingerprint density at radius 3 is 2.62 bits per heavy atom. The Kier molecular flexibility index (Phi) is 4.70. The third-order valence-corrected chi connectivity index (χ3v) is 4.41. The summed E-state index contributed by atoms with van der Waals surface area (Å²) in [5, 5.41) is 11.7. The van der Waals surface area contributed by atoms with E-state index in [0.717, 1.165) is 12.8 Å². The largest absolute Gasteiger partial charge is 0.480 e. The fraction of sp³-hybridized carbons (Fsp3) is 0.857. The van der Waals surface area contributed by atoms with Crippen LogP contribution in [0.1, 0.15) is 33.1 Å². The molecule has 0 bridgehead atoms. The summed E-state index contributed by atoms with van der Waals surface area (Å²) in [6.45, 7) is 4.77. The molecule has 2 amide bonds. The van der Waals surface area contributed by atoms with Gasteiger partial charge in [-0.3, -0.25) is 9.69 Å². The van der Waals surface area contributed by atoms with E-state index < -0.39 is 11.6 Å². The first-order valence-corrected chi connectivity index (χ1v) is 7.51. The Balaban J connectivity index is 1.73. The first-order chi connectivity index (χ1) is 9.80. The molecule has 7 heteroatoms. The van der Waals surface area contributed by atoms with Crippen molar-refractivity contribution >= 4 is 12.0 Å². The van der Waals surface area contributed by atoms with E-state index >= 15 is 0 Å². The maximum Gasteiger partial charge on any atom is 0.317 e. The van der Waals surface area contributed by atoms with Crippen molar-refractivity contribution in [2.45, 2.75) is 50.9 Å². The molecule has 6 nitrogen and oxygen atoms in total. The van der Waals surface area contributed by atoms with Gasteiger partial charge in [0.05, 0.1) is 13.1 Å². The zero-order chi connectivity index (χ0) is 15.6. The summed E-state index contributed by atoms with van der Waals surface area (Å²) in [6.07, 6.45) is 1.90. The van der Waals surface area contributed by atoms with E-state index in [4.69, 9.17) is 5.11 Å². The maximum atomic E-state index is 13.7. The van der Waals surface area contributed by atoms with Gasteiger partial charge in [-0.2, -0.15) is 0 Å². The highest BCUT2D eigenvalue weighted by molar-refractivity contribution is 5.75. The van der Waals surface area contributed by atoms with Gasteiger partial charge in [0.2, 0.25) is 0 Å². The van der Waals surface area contributed by atoms with Crippen LogP contribution in [0.3, 0.4) is 0 Å². The molecule has 0 aromatic carbocycles. The molecule has 0 aromatic heterocycles. The van der Waals surface area contributed by atoms with Crippen molar-refractivity contribution in [1.29, 1.82) is 0 Å². The lowest BCUT2D eigenvalue weighted by molar-refractivity contribution is -0.139. The zero-order valence-corrected chi connectivity index (χ0v) is 12.6. The zero-order valence-electron chi connectivity index (χ0n) is 12.6. The highest BCUT2D eigenvalue weighted by Crippen LogP contribution is 2.27. The number of hydrogen-bond acceptors (Lipinski definition) is 3. The predicted molar refractivity (Wildman–Crippen MR) is 75.9 cm³/mol. The highest BCUT2D eigenvalue weighted by atomic mass is 19.1. The van der Waals surface area contributed by atoms with Gasteiger partial charge in [0.15, 0.2) is 0 Å². The van der Waals surface area contributed by atoms with Gasteiger partial charge >= 0.3 is 12.0 Å². The van der Waals surface area contributed by atoms with Crippen LogP contribution in [0.4, 0.5) is 9.18 Å². The van der Waals surface area contributed by atoms with Crippen molar-refractivity contribution in [3.63, 3.8) is 0 Å². The van der Waals surface area contributed by atoms with Crippen molar-refractivity contribution in [3.05, 3.63) is 0 Å². The van der Waals surface area contributed by atoms with Crippen LogP contribution in [0.25, 0.3) is 0 Å². The number of carbonyl (C=O) groups is 2. The summed E-state index contributed by atoms with van der Waals surface area (Å²) < 4.78 is 13.7. The lowest BCUT2D eigenvalue weighted by atomic mass is 9.85. The van der Waals surface area contributed by atoms with Crippen molar-refractivity contribution < 1.29 is 19.1 Å². The molecule has 120 valence electrons. The van der Waals surface area contributed by atoms with Crippen LogP contribution < -0.4 is 5.32 Å². The summed E-state index contributed by atoms with van der Waals surface area (Å²) in [7, 11) is 0. The van der Waals surface area contributed by atoms with Gasteiger partial charge in [0, 0.05) is 25.0 Å². The number of carboxylic acids is 1. The lowest BCUT2D eigenvalue weighted by Crippen LogP contribution is -2.56. The van der Waals surface area contributed by atoms with Gasteiger partial charge in [0.25, 0.3) is 0 Å². The third-order valence-electron chi connectivity index (χ3n) is 4.41. The van der Waals surface area contributed by atoms with Gasteiger partial charge in [-0.05, 0) is 26.3 Å². The number of hydrogen-bond donors (Lipinski definition) is 2. The number of rotatable bonds is 5. The van der Waals surface area contributed by atoms with E-state index in [1.807, 2.05) is 11.8 Å². The van der Waals surface area contributed by atoms with E-state index in [1.54, 1.807) is 0 Å². The van der Waals surface area contributed by atoms with E-state index in [-0.39, 0.29) is 31.2 Å². The second kappa shape index (κ2) is 6.17. The van der Waals surface area contributed by atoms with Gasteiger partial charge in [0.1, 0.15) is 5.67 Å². The Labute approximate surface area is 124 Å². The number of aliphatic carboxylic acids is 1. The smallest absolute Gasteiger partial charge is 0.317 e. The molecule has 21 heavy (non-hydrogen) atoms. The SMILES string of the molecule is CCN(CC(=O)O)C1CC(NC(=O)N2CCC(C)(F)C2)C1. The predicted octanol–water partition coefficient (Wildman–Crippen LogP) is 1.07. The van der Waals surface area contributed by atoms with E-state index in [2.05, 4.69) is 5.32 Å². The van der Waals surface area contributed by atoms with Gasteiger partial charge in [-0.1, -0.05) is 6.92 Å². The summed E-state index contributed by atoms with van der Waals surface area (Å²) in [4.78, 5) is 26.2. The van der Waals surface area contributed by atoms with Crippen LogP contribution in [0.15, 0.2) is 0 Å². The van der Waals surface area contributed by atoms with E-state index in [0.29, 0.717) is 19.5 Å². The summed E-state index contributed by atoms with van der Waals surface area (Å²) >= 11 is 0. The number of nitrogens with one attached hydrogen (secondary N) is 1. The van der Waals surface area contributed by atoms with Crippen LogP contribution in [-0.4, -0.2) is 70.8 Å². The molecular formula is C14H24FN3O3. The molecule has 1 unspecified atom stereocenters. The Bertz CT molecular complexity index is 410. The number of amides is 2. The average molecular weight is 301 g/mol. The molecule has 1 aliphatic carbocycles. The number of urea groups is 1. The number of alkyl halides is 1. The van der Waals surface area contributed by atoms with Gasteiger partial charge in [-0.25, -0.2) is 9.18 Å².